The van der Waals surface area contributed by atoms with Crippen LogP contribution in [0.25, 0.3) is 0 Å². The van der Waals surface area contributed by atoms with Crippen LogP contribution in [0, 0.1) is 23.5 Å². The predicted molar refractivity (Wildman–Crippen MR) is 75.7 cm³/mol. The number of halogens is 2. The SMILES string of the molecule is OCCC#Cc1ccc(F)c(OCc2cccc(F)c2)c1. The summed E-state index contributed by atoms with van der Waals surface area (Å²) >= 11 is 0. The number of hydrogen-bond donors (Lipinski definition) is 1. The van der Waals surface area contributed by atoms with Gasteiger partial charge in [0.1, 0.15) is 12.4 Å². The number of hydrogen-bond acceptors (Lipinski definition) is 2. The third-order valence-corrected chi connectivity index (χ3v) is 2.68. The zero-order chi connectivity index (χ0) is 15.1. The van der Waals surface area contributed by atoms with Gasteiger partial charge in [0.2, 0.25) is 0 Å². The van der Waals surface area contributed by atoms with E-state index >= 15 is 0 Å². The molecule has 108 valence electrons. The minimum Gasteiger partial charge on any atom is -0.486 e. The zero-order valence-electron chi connectivity index (χ0n) is 11.3. The van der Waals surface area contributed by atoms with Crippen LogP contribution in [0.1, 0.15) is 17.5 Å². The van der Waals surface area contributed by atoms with Gasteiger partial charge < -0.3 is 9.84 Å². The molecule has 0 amide bonds. The molecule has 0 aromatic heterocycles. The molecule has 0 aliphatic heterocycles. The number of aliphatic hydroxyl groups is 1. The van der Waals surface area contributed by atoms with Gasteiger partial charge in [-0.2, -0.15) is 0 Å². The second-order valence-electron chi connectivity index (χ2n) is 4.34. The molecule has 2 aromatic carbocycles. The molecule has 2 aromatic rings. The van der Waals surface area contributed by atoms with Crippen LogP contribution >= 0.6 is 0 Å². The highest BCUT2D eigenvalue weighted by Crippen LogP contribution is 2.20. The summed E-state index contributed by atoms with van der Waals surface area (Å²) in [5.74, 6) is 4.76. The Morgan fingerprint density at radius 2 is 1.95 bits per heavy atom. The summed E-state index contributed by atoms with van der Waals surface area (Å²) in [6.45, 7) is 0.0549. The molecule has 0 bridgehead atoms. The van der Waals surface area contributed by atoms with Gasteiger partial charge in [-0.05, 0) is 35.9 Å². The summed E-state index contributed by atoms with van der Waals surface area (Å²) < 4.78 is 32.1. The Labute approximate surface area is 122 Å². The first-order valence-corrected chi connectivity index (χ1v) is 6.45. The highest BCUT2D eigenvalue weighted by Gasteiger charge is 2.05. The van der Waals surface area contributed by atoms with Gasteiger partial charge in [0, 0.05) is 12.0 Å². The fraction of sp³-hybridized carbons (Fsp3) is 0.176. The lowest BCUT2D eigenvalue weighted by Gasteiger charge is -2.08. The van der Waals surface area contributed by atoms with E-state index in [2.05, 4.69) is 11.8 Å². The third kappa shape index (κ3) is 4.59. The van der Waals surface area contributed by atoms with E-state index in [-0.39, 0.29) is 24.8 Å². The number of benzene rings is 2. The van der Waals surface area contributed by atoms with Crippen molar-refractivity contribution < 1.29 is 18.6 Å². The normalized spacial score (nSPS) is 9.86. The van der Waals surface area contributed by atoms with Crippen LogP contribution in [-0.2, 0) is 6.61 Å². The molecule has 0 aliphatic rings. The Kier molecular flexibility index (Phi) is 5.30. The molecular formula is C17H14F2O2. The Morgan fingerprint density at radius 3 is 2.71 bits per heavy atom. The first-order chi connectivity index (χ1) is 10.2. The monoisotopic (exact) mass is 288 g/mol. The fourth-order valence-corrected chi connectivity index (χ4v) is 1.70. The summed E-state index contributed by atoms with van der Waals surface area (Å²) in [6.07, 6.45) is 0.358. The van der Waals surface area contributed by atoms with Crippen molar-refractivity contribution in [1.82, 2.24) is 0 Å². The van der Waals surface area contributed by atoms with Gasteiger partial charge in [-0.3, -0.25) is 0 Å². The van der Waals surface area contributed by atoms with Crippen LogP contribution in [0.2, 0.25) is 0 Å². The zero-order valence-corrected chi connectivity index (χ0v) is 11.3. The average molecular weight is 288 g/mol. The Hall–Kier alpha value is -2.38. The molecule has 0 radical (unpaired) electrons. The largest absolute Gasteiger partial charge is 0.486 e. The van der Waals surface area contributed by atoms with Crippen molar-refractivity contribution >= 4 is 0 Å². The molecule has 0 aliphatic carbocycles. The maximum absolute atomic E-state index is 13.7. The highest BCUT2D eigenvalue weighted by molar-refractivity contribution is 5.40. The minimum atomic E-state index is -0.501. The van der Waals surface area contributed by atoms with Gasteiger partial charge in [0.15, 0.2) is 11.6 Å². The molecule has 21 heavy (non-hydrogen) atoms. The van der Waals surface area contributed by atoms with Crippen molar-refractivity contribution in [2.24, 2.45) is 0 Å². The fourth-order valence-electron chi connectivity index (χ4n) is 1.70. The van der Waals surface area contributed by atoms with Gasteiger partial charge in [-0.25, -0.2) is 8.78 Å². The van der Waals surface area contributed by atoms with Crippen LogP contribution in [-0.4, -0.2) is 11.7 Å². The van der Waals surface area contributed by atoms with E-state index < -0.39 is 5.82 Å². The van der Waals surface area contributed by atoms with E-state index in [0.29, 0.717) is 17.5 Å². The maximum Gasteiger partial charge on any atom is 0.165 e. The van der Waals surface area contributed by atoms with Crippen molar-refractivity contribution in [2.45, 2.75) is 13.0 Å². The molecule has 1 N–H and O–H groups in total. The van der Waals surface area contributed by atoms with Gasteiger partial charge in [0.05, 0.1) is 6.61 Å². The third-order valence-electron chi connectivity index (χ3n) is 2.68. The van der Waals surface area contributed by atoms with E-state index in [4.69, 9.17) is 9.84 Å². The summed E-state index contributed by atoms with van der Waals surface area (Å²) in [4.78, 5) is 0. The summed E-state index contributed by atoms with van der Waals surface area (Å²) in [6, 6.07) is 10.2. The van der Waals surface area contributed by atoms with E-state index in [0.717, 1.165) is 0 Å². The molecule has 0 unspecified atom stereocenters. The van der Waals surface area contributed by atoms with Crippen molar-refractivity contribution in [3.05, 3.63) is 65.2 Å². The van der Waals surface area contributed by atoms with E-state index in [1.165, 1.54) is 30.3 Å². The molecule has 0 fully saturated rings. The molecule has 4 heteroatoms. The van der Waals surface area contributed by atoms with Gasteiger partial charge in [0.25, 0.3) is 0 Å². The van der Waals surface area contributed by atoms with Crippen LogP contribution in [0.5, 0.6) is 5.75 Å². The molecule has 0 saturated carbocycles. The quantitative estimate of drug-likeness (QED) is 0.875. The number of rotatable bonds is 4. The Bertz CT molecular complexity index is 672. The Morgan fingerprint density at radius 1 is 1.10 bits per heavy atom. The van der Waals surface area contributed by atoms with Crippen molar-refractivity contribution in [3.8, 4) is 17.6 Å². The molecule has 0 atom stereocenters. The van der Waals surface area contributed by atoms with Crippen molar-refractivity contribution in [1.29, 1.82) is 0 Å². The maximum atomic E-state index is 13.7. The number of aliphatic hydroxyl groups excluding tert-OH is 1. The second-order valence-corrected chi connectivity index (χ2v) is 4.34. The van der Waals surface area contributed by atoms with Gasteiger partial charge in [-0.1, -0.05) is 24.0 Å². The van der Waals surface area contributed by atoms with E-state index in [1.807, 2.05) is 0 Å². The van der Waals surface area contributed by atoms with E-state index in [9.17, 15) is 8.78 Å². The minimum absolute atomic E-state index is 0.0167. The molecule has 2 rings (SSSR count). The average Bonchev–Trinajstić information content (AvgIpc) is 2.48. The highest BCUT2D eigenvalue weighted by atomic mass is 19.1. The van der Waals surface area contributed by atoms with Gasteiger partial charge >= 0.3 is 0 Å². The smallest absolute Gasteiger partial charge is 0.165 e. The summed E-state index contributed by atoms with van der Waals surface area (Å²) in [7, 11) is 0. The van der Waals surface area contributed by atoms with E-state index in [1.54, 1.807) is 12.1 Å². The van der Waals surface area contributed by atoms with Crippen LogP contribution in [0.15, 0.2) is 42.5 Å². The van der Waals surface area contributed by atoms with Crippen LogP contribution in [0.4, 0.5) is 8.78 Å². The topological polar surface area (TPSA) is 29.5 Å². The van der Waals surface area contributed by atoms with Crippen molar-refractivity contribution in [2.75, 3.05) is 6.61 Å². The molecule has 0 heterocycles. The first-order valence-electron chi connectivity index (χ1n) is 6.45. The second kappa shape index (κ2) is 7.41. The molecule has 0 saturated heterocycles. The summed E-state index contributed by atoms with van der Waals surface area (Å²) in [5, 5.41) is 8.66. The molecular weight excluding hydrogens is 274 g/mol. The molecule has 0 spiro atoms. The van der Waals surface area contributed by atoms with Crippen LogP contribution < -0.4 is 4.74 Å². The lowest BCUT2D eigenvalue weighted by molar-refractivity contribution is 0.289. The lowest BCUT2D eigenvalue weighted by Crippen LogP contribution is -1.98. The van der Waals surface area contributed by atoms with Crippen LogP contribution in [0.3, 0.4) is 0 Å². The predicted octanol–water partition coefficient (Wildman–Crippen LogP) is 3.28. The number of ether oxygens (including phenoxy) is 1. The van der Waals surface area contributed by atoms with Gasteiger partial charge in [-0.15, -0.1) is 0 Å². The standard InChI is InChI=1S/C17H14F2O2/c18-15-6-3-5-14(10-15)12-21-17-11-13(4-1-2-9-20)7-8-16(17)19/h3,5-8,10-11,20H,2,9,12H2. The summed E-state index contributed by atoms with van der Waals surface area (Å²) in [5.41, 5.74) is 1.21. The van der Waals surface area contributed by atoms with Crippen molar-refractivity contribution in [3.63, 3.8) is 0 Å². The first kappa shape index (κ1) is 15.0. The lowest BCUT2D eigenvalue weighted by atomic mass is 10.2. The Balaban J connectivity index is 2.09. The molecule has 2 nitrogen and oxygen atoms in total.